The fourth-order valence-electron chi connectivity index (χ4n) is 5.45. The summed E-state index contributed by atoms with van der Waals surface area (Å²) >= 11 is 0. The molecule has 0 saturated heterocycles. The van der Waals surface area contributed by atoms with Gasteiger partial charge in [0, 0.05) is 11.1 Å². The van der Waals surface area contributed by atoms with Gasteiger partial charge in [-0.2, -0.15) is 0 Å². The Balaban J connectivity index is 1.81. The van der Waals surface area contributed by atoms with E-state index in [0.29, 0.717) is 0 Å². The minimum atomic E-state index is -2.26. The molecule has 0 N–H and O–H groups in total. The van der Waals surface area contributed by atoms with Crippen LogP contribution in [0.1, 0.15) is 18.1 Å². The molecule has 0 radical (unpaired) electrons. The number of anilines is 1. The van der Waals surface area contributed by atoms with E-state index < -0.39 is 7.41 Å². The topological polar surface area (TPSA) is 3.24 Å². The van der Waals surface area contributed by atoms with Gasteiger partial charge in [0.2, 0.25) is 7.41 Å². The summed E-state index contributed by atoms with van der Waals surface area (Å²) in [7, 11) is -2.26. The van der Waals surface area contributed by atoms with E-state index in [0.717, 1.165) is 0 Å². The van der Waals surface area contributed by atoms with Crippen LogP contribution in [0.4, 0.5) is 5.69 Å². The van der Waals surface area contributed by atoms with E-state index in [2.05, 4.69) is 157 Å². The fraction of sp³-hybridized carbons (Fsp3) is 0.0303. The van der Waals surface area contributed by atoms with Crippen LogP contribution in [-0.2, 0) is 0 Å². The maximum atomic E-state index is 2.66. The minimum Gasteiger partial charge on any atom is -0.207 e. The second-order valence-electron chi connectivity index (χ2n) is 8.80. The van der Waals surface area contributed by atoms with Crippen molar-refractivity contribution >= 4 is 34.6 Å². The highest BCUT2D eigenvalue weighted by atomic mass is 31.2. The average molecular weight is 469 g/mol. The maximum absolute atomic E-state index is 2.66. The Morgan fingerprint density at radius 2 is 0.943 bits per heavy atom. The van der Waals surface area contributed by atoms with Crippen molar-refractivity contribution < 1.29 is 0 Å². The van der Waals surface area contributed by atoms with E-state index in [4.69, 9.17) is 0 Å². The Morgan fingerprint density at radius 1 is 0.486 bits per heavy atom. The molecule has 2 heteroatoms. The zero-order valence-electron chi connectivity index (χ0n) is 19.8. The summed E-state index contributed by atoms with van der Waals surface area (Å²) in [5.74, 6) is 0. The van der Waals surface area contributed by atoms with Crippen LogP contribution < -0.4 is 20.6 Å². The number of rotatable bonds is 4. The quantitative estimate of drug-likeness (QED) is 0.252. The summed E-state index contributed by atoms with van der Waals surface area (Å²) in [6.07, 6.45) is 0. The monoisotopic (exact) mass is 468 g/mol. The molecule has 0 bridgehead atoms. The second-order valence-corrected chi connectivity index (χ2v) is 12.0. The summed E-state index contributed by atoms with van der Waals surface area (Å²) in [5, 5.41) is 4.11. The predicted molar refractivity (Wildman–Crippen MR) is 152 cm³/mol. The SMILES string of the molecule is CC1=C(c2ccccc2)c2ccccc2[P+](c2ccccc2)(c2ccccc2)N1c1ccccc1. The Kier molecular flexibility index (Phi) is 5.57. The summed E-state index contributed by atoms with van der Waals surface area (Å²) in [6, 6.07) is 53.0. The van der Waals surface area contributed by atoms with E-state index in [9.17, 15) is 0 Å². The maximum Gasteiger partial charge on any atom is 0.208 e. The highest BCUT2D eigenvalue weighted by Crippen LogP contribution is 2.65. The highest BCUT2D eigenvalue weighted by molar-refractivity contribution is 7.97. The van der Waals surface area contributed by atoms with E-state index in [1.807, 2.05) is 0 Å². The zero-order valence-corrected chi connectivity index (χ0v) is 20.6. The molecule has 0 aliphatic carbocycles. The van der Waals surface area contributed by atoms with Gasteiger partial charge in [0.15, 0.2) is 0 Å². The molecule has 35 heavy (non-hydrogen) atoms. The molecule has 0 atom stereocenters. The first kappa shape index (κ1) is 21.6. The van der Waals surface area contributed by atoms with Crippen LogP contribution in [0.3, 0.4) is 0 Å². The predicted octanol–water partition coefficient (Wildman–Crippen LogP) is 7.20. The first-order valence-electron chi connectivity index (χ1n) is 12.0. The van der Waals surface area contributed by atoms with Gasteiger partial charge in [0.05, 0.1) is 11.4 Å². The van der Waals surface area contributed by atoms with Crippen molar-refractivity contribution in [2.75, 3.05) is 4.67 Å². The molecule has 1 heterocycles. The van der Waals surface area contributed by atoms with E-state index in [1.165, 1.54) is 44.0 Å². The lowest BCUT2D eigenvalue weighted by molar-refractivity contribution is 1.23. The van der Waals surface area contributed by atoms with Crippen LogP contribution >= 0.6 is 7.41 Å². The van der Waals surface area contributed by atoms with Gasteiger partial charge in [-0.3, -0.25) is 0 Å². The van der Waals surface area contributed by atoms with Gasteiger partial charge in [0.25, 0.3) is 0 Å². The summed E-state index contributed by atoms with van der Waals surface area (Å²) < 4.78 is 2.66. The van der Waals surface area contributed by atoms with Gasteiger partial charge in [-0.05, 0) is 55.0 Å². The first-order valence-corrected chi connectivity index (χ1v) is 13.8. The number of hydrogen-bond acceptors (Lipinski definition) is 1. The van der Waals surface area contributed by atoms with Crippen LogP contribution in [0.15, 0.2) is 151 Å². The molecule has 0 saturated carbocycles. The lowest BCUT2D eigenvalue weighted by Gasteiger charge is -2.43. The van der Waals surface area contributed by atoms with Gasteiger partial charge in [-0.25, -0.2) is 4.67 Å². The van der Waals surface area contributed by atoms with Crippen LogP contribution in [0.5, 0.6) is 0 Å². The molecular formula is C33H27NP+. The van der Waals surface area contributed by atoms with E-state index >= 15 is 0 Å². The molecule has 5 aromatic carbocycles. The van der Waals surface area contributed by atoms with E-state index in [-0.39, 0.29) is 0 Å². The number of nitrogens with zero attached hydrogens (tertiary/aromatic N) is 1. The molecule has 0 fully saturated rings. The summed E-state index contributed by atoms with van der Waals surface area (Å²) in [6.45, 7) is 2.30. The third-order valence-electron chi connectivity index (χ3n) is 6.82. The molecular weight excluding hydrogens is 441 g/mol. The Labute approximate surface area is 208 Å². The lowest BCUT2D eigenvalue weighted by atomic mass is 9.95. The Bertz CT molecular complexity index is 1440. The smallest absolute Gasteiger partial charge is 0.207 e. The normalized spacial score (nSPS) is 14.5. The minimum absolute atomic E-state index is 1.22. The molecule has 5 aromatic rings. The molecule has 0 amide bonds. The van der Waals surface area contributed by atoms with Gasteiger partial charge in [0.1, 0.15) is 15.9 Å². The number of fused-ring (bicyclic) bond motifs is 1. The molecule has 0 spiro atoms. The molecule has 6 rings (SSSR count). The average Bonchev–Trinajstić information content (AvgIpc) is 2.94. The standard InChI is InChI=1S/C33H27NP/c1-26-33(27-16-6-2-7-17-27)31-24-14-15-25-32(31)35(29-20-10-4-11-21-29,30-22-12-5-13-23-30)34(26)28-18-8-3-9-19-28/h2-25H,1H3/q+1. The second kappa shape index (κ2) is 9.02. The van der Waals surface area contributed by atoms with Gasteiger partial charge < -0.3 is 0 Å². The number of hydrogen-bond donors (Lipinski definition) is 0. The van der Waals surface area contributed by atoms with Crippen molar-refractivity contribution in [1.82, 2.24) is 0 Å². The number of allylic oxidation sites excluding steroid dienone is 1. The Hall–Kier alpha value is -3.93. The molecule has 1 nitrogen and oxygen atoms in total. The first-order chi connectivity index (χ1) is 17.3. The fourth-order valence-corrected chi connectivity index (χ4v) is 10.1. The van der Waals surface area contributed by atoms with Crippen LogP contribution in [-0.4, -0.2) is 0 Å². The van der Waals surface area contributed by atoms with Gasteiger partial charge in [-0.1, -0.05) is 103 Å². The van der Waals surface area contributed by atoms with Crippen molar-refractivity contribution in [1.29, 1.82) is 0 Å². The molecule has 168 valence electrons. The highest BCUT2D eigenvalue weighted by Gasteiger charge is 2.56. The number of para-hydroxylation sites is 1. The molecule has 1 aliphatic rings. The van der Waals surface area contributed by atoms with Crippen molar-refractivity contribution in [2.24, 2.45) is 0 Å². The molecule has 1 aliphatic heterocycles. The largest absolute Gasteiger partial charge is 0.208 e. The summed E-state index contributed by atoms with van der Waals surface area (Å²) in [5.41, 5.74) is 6.37. The number of benzene rings is 5. The third-order valence-corrected chi connectivity index (χ3v) is 11.1. The summed E-state index contributed by atoms with van der Waals surface area (Å²) in [4.78, 5) is 0. The third kappa shape index (κ3) is 3.43. The lowest BCUT2D eigenvalue weighted by Crippen LogP contribution is -2.46. The van der Waals surface area contributed by atoms with Crippen LogP contribution in [0.25, 0.3) is 5.57 Å². The van der Waals surface area contributed by atoms with Crippen LogP contribution in [0, 0.1) is 0 Å². The van der Waals surface area contributed by atoms with Crippen molar-refractivity contribution in [3.8, 4) is 0 Å². The van der Waals surface area contributed by atoms with Crippen molar-refractivity contribution in [3.05, 3.63) is 162 Å². The van der Waals surface area contributed by atoms with Gasteiger partial charge >= 0.3 is 0 Å². The van der Waals surface area contributed by atoms with Crippen LogP contribution in [0.2, 0.25) is 0 Å². The van der Waals surface area contributed by atoms with Gasteiger partial charge in [-0.15, -0.1) is 0 Å². The Morgan fingerprint density at radius 3 is 1.51 bits per heavy atom. The van der Waals surface area contributed by atoms with E-state index in [1.54, 1.807) is 0 Å². The van der Waals surface area contributed by atoms with Crippen molar-refractivity contribution in [3.63, 3.8) is 0 Å². The molecule has 0 aromatic heterocycles. The zero-order chi connectivity index (χ0) is 23.7. The molecule has 0 unspecified atom stereocenters. The van der Waals surface area contributed by atoms with Crippen molar-refractivity contribution in [2.45, 2.75) is 6.92 Å².